The molecule has 1 atom stereocenters. The summed E-state index contributed by atoms with van der Waals surface area (Å²) < 4.78 is 5.78. The molecule has 0 aliphatic carbocycles. The molecule has 0 fully saturated rings. The van der Waals surface area contributed by atoms with Crippen LogP contribution in [0.5, 0.6) is 5.75 Å². The van der Waals surface area contributed by atoms with Gasteiger partial charge in [-0.05, 0) is 43.1 Å². The molecular weight excluding hydrogens is 290 g/mol. The smallest absolute Gasteiger partial charge is 0.123 e. The summed E-state index contributed by atoms with van der Waals surface area (Å²) in [5.74, 6) is 1.07. The summed E-state index contributed by atoms with van der Waals surface area (Å²) in [4.78, 5) is 1.87. The van der Waals surface area contributed by atoms with E-state index < -0.39 is 6.10 Å². The average Bonchev–Trinajstić information content (AvgIpc) is 2.39. The van der Waals surface area contributed by atoms with E-state index in [0.29, 0.717) is 19.0 Å². The molecule has 1 rings (SSSR count). The zero-order valence-corrected chi connectivity index (χ0v) is 14.0. The summed E-state index contributed by atoms with van der Waals surface area (Å²) in [5.41, 5.74) is 2.00. The van der Waals surface area contributed by atoms with Crippen LogP contribution < -0.4 is 4.74 Å². The van der Waals surface area contributed by atoms with E-state index in [1.807, 2.05) is 31.0 Å². The molecule has 0 aromatic heterocycles. The average molecular weight is 316 g/mol. The lowest BCUT2D eigenvalue weighted by Gasteiger charge is -2.21. The fourth-order valence-corrected chi connectivity index (χ4v) is 2.28. The molecule has 0 bridgehead atoms. The van der Waals surface area contributed by atoms with Crippen LogP contribution in [0, 0.1) is 6.92 Å². The van der Waals surface area contributed by atoms with Crippen LogP contribution in [0.1, 0.15) is 30.9 Å². The molecule has 5 heteroatoms. The molecule has 0 heterocycles. The number of nitrogens with zero attached hydrogens (tertiary/aromatic N) is 1. The van der Waals surface area contributed by atoms with Crippen LogP contribution in [-0.2, 0) is 0 Å². The first-order valence-electron chi connectivity index (χ1n) is 7.25. The Labute approximate surface area is 132 Å². The van der Waals surface area contributed by atoms with Gasteiger partial charge in [0.1, 0.15) is 18.5 Å². The van der Waals surface area contributed by atoms with Crippen LogP contribution >= 0.6 is 11.6 Å². The van der Waals surface area contributed by atoms with Crippen LogP contribution in [0.2, 0.25) is 5.02 Å². The summed E-state index contributed by atoms with van der Waals surface area (Å²) in [6.07, 6.45) is -0.599. The summed E-state index contributed by atoms with van der Waals surface area (Å²) >= 11 is 6.16. The number of ether oxygens (including phenoxy) is 1. The minimum absolute atomic E-state index is 0.0813. The number of benzene rings is 1. The Balaban J connectivity index is 2.68. The van der Waals surface area contributed by atoms with Crippen molar-refractivity contribution < 1.29 is 14.9 Å². The van der Waals surface area contributed by atoms with Gasteiger partial charge < -0.3 is 19.8 Å². The number of aliphatic hydroxyl groups excluding tert-OH is 2. The lowest BCUT2D eigenvalue weighted by atomic mass is 10.0. The third-order valence-electron chi connectivity index (χ3n) is 3.35. The number of aliphatic hydroxyl groups is 2. The van der Waals surface area contributed by atoms with Gasteiger partial charge in [-0.15, -0.1) is 0 Å². The van der Waals surface area contributed by atoms with Crippen molar-refractivity contribution in [2.75, 3.05) is 33.4 Å². The predicted octanol–water partition coefficient (Wildman–Crippen LogP) is 2.44. The maximum absolute atomic E-state index is 9.99. The van der Waals surface area contributed by atoms with Crippen LogP contribution in [-0.4, -0.2) is 54.6 Å². The highest BCUT2D eigenvalue weighted by atomic mass is 35.5. The van der Waals surface area contributed by atoms with Gasteiger partial charge in [0.25, 0.3) is 0 Å². The van der Waals surface area contributed by atoms with Crippen molar-refractivity contribution in [1.29, 1.82) is 0 Å². The summed E-state index contributed by atoms with van der Waals surface area (Å²) in [5, 5.41) is 19.6. The molecule has 0 unspecified atom stereocenters. The van der Waals surface area contributed by atoms with Gasteiger partial charge in [0.05, 0.1) is 6.61 Å². The number of hydrogen-bond donors (Lipinski definition) is 2. The first-order valence-corrected chi connectivity index (χ1v) is 7.63. The quantitative estimate of drug-likeness (QED) is 0.773. The summed E-state index contributed by atoms with van der Waals surface area (Å²) in [6, 6.07) is 3.85. The molecule has 21 heavy (non-hydrogen) atoms. The third kappa shape index (κ3) is 5.83. The predicted molar refractivity (Wildman–Crippen MR) is 86.4 cm³/mol. The van der Waals surface area contributed by atoms with Gasteiger partial charge in [0.2, 0.25) is 0 Å². The molecule has 0 aliphatic rings. The largest absolute Gasteiger partial charge is 0.491 e. The topological polar surface area (TPSA) is 52.9 Å². The number of likely N-dealkylation sites (N-methyl/N-ethyl adjacent to an activating group) is 1. The van der Waals surface area contributed by atoms with Gasteiger partial charge in [0.15, 0.2) is 0 Å². The second-order valence-corrected chi connectivity index (χ2v) is 6.15. The van der Waals surface area contributed by atoms with Crippen LogP contribution in [0.25, 0.3) is 0 Å². The van der Waals surface area contributed by atoms with E-state index in [2.05, 4.69) is 13.8 Å². The van der Waals surface area contributed by atoms with Gasteiger partial charge in [-0.3, -0.25) is 0 Å². The van der Waals surface area contributed by atoms with Crippen molar-refractivity contribution in [3.8, 4) is 5.75 Å². The van der Waals surface area contributed by atoms with Crippen LogP contribution in [0.3, 0.4) is 0 Å². The summed E-state index contributed by atoms with van der Waals surface area (Å²) in [7, 11) is 1.85. The molecule has 0 amide bonds. The number of hydrogen-bond acceptors (Lipinski definition) is 4. The fraction of sp³-hybridized carbons (Fsp3) is 0.625. The molecule has 0 saturated heterocycles. The zero-order chi connectivity index (χ0) is 16.0. The molecule has 0 spiro atoms. The Morgan fingerprint density at radius 2 is 2.00 bits per heavy atom. The van der Waals surface area contributed by atoms with E-state index >= 15 is 0 Å². The van der Waals surface area contributed by atoms with Gasteiger partial charge in [0, 0.05) is 18.1 Å². The SMILES string of the molecule is Cc1cc(OC[C@H](O)CN(C)CCO)c(C(C)C)cc1Cl. The lowest BCUT2D eigenvalue weighted by molar-refractivity contribution is 0.0706. The first-order chi connectivity index (χ1) is 9.85. The van der Waals surface area contributed by atoms with Crippen LogP contribution in [0.4, 0.5) is 0 Å². The van der Waals surface area contributed by atoms with Gasteiger partial charge >= 0.3 is 0 Å². The summed E-state index contributed by atoms with van der Waals surface area (Å²) in [6.45, 7) is 7.40. The van der Waals surface area contributed by atoms with E-state index in [9.17, 15) is 5.11 Å². The maximum atomic E-state index is 9.99. The Kier molecular flexibility index (Phi) is 7.46. The maximum Gasteiger partial charge on any atom is 0.123 e. The normalized spacial score (nSPS) is 13.0. The standard InChI is InChI=1S/C16H26ClNO3/c1-11(2)14-8-15(17)12(3)7-16(14)21-10-13(20)9-18(4)5-6-19/h7-8,11,13,19-20H,5-6,9-10H2,1-4H3/t13-/m1/s1. The molecular formula is C16H26ClNO3. The van der Waals surface area contributed by atoms with Crippen molar-refractivity contribution in [1.82, 2.24) is 4.90 Å². The minimum Gasteiger partial charge on any atom is -0.491 e. The molecule has 0 radical (unpaired) electrons. The second-order valence-electron chi connectivity index (χ2n) is 5.74. The second kappa shape index (κ2) is 8.59. The Morgan fingerprint density at radius 3 is 2.57 bits per heavy atom. The fourth-order valence-electron chi connectivity index (χ4n) is 2.11. The monoisotopic (exact) mass is 315 g/mol. The molecule has 1 aromatic rings. The van der Waals surface area contributed by atoms with E-state index in [1.165, 1.54) is 0 Å². The Bertz CT molecular complexity index is 451. The molecule has 0 saturated carbocycles. The molecule has 4 nitrogen and oxygen atoms in total. The van der Waals surface area contributed by atoms with Gasteiger partial charge in [-0.1, -0.05) is 25.4 Å². The van der Waals surface area contributed by atoms with Crippen LogP contribution in [0.15, 0.2) is 12.1 Å². The van der Waals surface area contributed by atoms with E-state index in [-0.39, 0.29) is 13.2 Å². The highest BCUT2D eigenvalue weighted by molar-refractivity contribution is 6.31. The van der Waals surface area contributed by atoms with Gasteiger partial charge in [-0.2, -0.15) is 0 Å². The van der Waals surface area contributed by atoms with E-state index in [1.54, 1.807) is 0 Å². The van der Waals surface area contributed by atoms with E-state index in [0.717, 1.165) is 21.9 Å². The van der Waals surface area contributed by atoms with Crippen molar-refractivity contribution >= 4 is 11.6 Å². The van der Waals surface area contributed by atoms with Crippen molar-refractivity contribution in [2.45, 2.75) is 32.8 Å². The highest BCUT2D eigenvalue weighted by Crippen LogP contribution is 2.32. The van der Waals surface area contributed by atoms with E-state index in [4.69, 9.17) is 21.4 Å². The first kappa shape index (κ1) is 18.2. The number of halogens is 1. The zero-order valence-electron chi connectivity index (χ0n) is 13.3. The molecule has 120 valence electrons. The minimum atomic E-state index is -0.599. The van der Waals surface area contributed by atoms with Gasteiger partial charge in [-0.25, -0.2) is 0 Å². The number of rotatable bonds is 8. The Morgan fingerprint density at radius 1 is 1.33 bits per heavy atom. The Hall–Kier alpha value is -0.810. The molecule has 1 aromatic carbocycles. The molecule has 2 N–H and O–H groups in total. The van der Waals surface area contributed by atoms with Crippen molar-refractivity contribution in [3.63, 3.8) is 0 Å². The lowest BCUT2D eigenvalue weighted by Crippen LogP contribution is -2.34. The number of aryl methyl sites for hydroxylation is 1. The molecule has 0 aliphatic heterocycles. The van der Waals surface area contributed by atoms with Crippen molar-refractivity contribution in [2.24, 2.45) is 0 Å². The van der Waals surface area contributed by atoms with Crippen molar-refractivity contribution in [3.05, 3.63) is 28.3 Å². The highest BCUT2D eigenvalue weighted by Gasteiger charge is 2.14. The third-order valence-corrected chi connectivity index (χ3v) is 3.76.